The Labute approximate surface area is 97.4 Å². The lowest BCUT2D eigenvalue weighted by atomic mass is 9.92. The summed E-state index contributed by atoms with van der Waals surface area (Å²) in [5.74, 6) is 0.170. The van der Waals surface area contributed by atoms with Crippen LogP contribution in [0, 0.1) is 11.8 Å². The Morgan fingerprint density at radius 3 is 2.31 bits per heavy atom. The normalized spacial score (nSPS) is 12.6. The van der Waals surface area contributed by atoms with E-state index in [1.165, 1.54) is 0 Å². The molecule has 0 bridgehead atoms. The molecule has 0 radical (unpaired) electrons. The predicted molar refractivity (Wildman–Crippen MR) is 63.0 cm³/mol. The average Bonchev–Trinajstić information content (AvgIpc) is 2.26. The Bertz CT molecular complexity index is 226. The molecule has 0 aromatic heterocycles. The standard InChI is InChI=1S/C12H23NO3/c1-9(2)12(16)10(3)6-4-5-7-13-11(15)8-14/h9-10,14H,4-8H2,1-3H3,(H,13,15)/t10-/m0/s1. The van der Waals surface area contributed by atoms with Gasteiger partial charge in [-0.3, -0.25) is 9.59 Å². The lowest BCUT2D eigenvalue weighted by Gasteiger charge is -2.12. The first-order chi connectivity index (χ1) is 7.49. The molecule has 0 aliphatic rings. The largest absolute Gasteiger partial charge is 0.387 e. The minimum absolute atomic E-state index is 0.101. The van der Waals surface area contributed by atoms with Crippen molar-refractivity contribution >= 4 is 11.7 Å². The van der Waals surface area contributed by atoms with E-state index >= 15 is 0 Å². The Kier molecular flexibility index (Phi) is 7.81. The quantitative estimate of drug-likeness (QED) is 0.613. The van der Waals surface area contributed by atoms with Gasteiger partial charge in [0.1, 0.15) is 12.4 Å². The summed E-state index contributed by atoms with van der Waals surface area (Å²) in [5, 5.41) is 11.0. The molecule has 0 rings (SSSR count). The zero-order valence-electron chi connectivity index (χ0n) is 10.5. The van der Waals surface area contributed by atoms with E-state index in [2.05, 4.69) is 5.32 Å². The molecule has 94 valence electrons. The number of hydrogen-bond acceptors (Lipinski definition) is 3. The van der Waals surface area contributed by atoms with E-state index in [4.69, 9.17) is 5.11 Å². The molecule has 0 aromatic carbocycles. The zero-order valence-corrected chi connectivity index (χ0v) is 10.5. The molecule has 0 saturated heterocycles. The molecule has 4 nitrogen and oxygen atoms in total. The first kappa shape index (κ1) is 15.1. The maximum Gasteiger partial charge on any atom is 0.245 e. The number of carbonyl (C=O) groups is 2. The second-order valence-corrected chi connectivity index (χ2v) is 4.46. The molecule has 4 heteroatoms. The van der Waals surface area contributed by atoms with Crippen molar-refractivity contribution in [3.63, 3.8) is 0 Å². The number of amides is 1. The van der Waals surface area contributed by atoms with Gasteiger partial charge in [-0.2, -0.15) is 0 Å². The first-order valence-electron chi connectivity index (χ1n) is 5.90. The number of aliphatic hydroxyl groups excluding tert-OH is 1. The maximum absolute atomic E-state index is 11.6. The molecule has 0 spiro atoms. The molecule has 0 fully saturated rings. The van der Waals surface area contributed by atoms with Crippen LogP contribution in [0.2, 0.25) is 0 Å². The SMILES string of the molecule is CC(C)C(=O)[C@@H](C)CCCCNC(=O)CO. The van der Waals surface area contributed by atoms with Crippen molar-refractivity contribution in [2.45, 2.75) is 40.0 Å². The van der Waals surface area contributed by atoms with Crippen molar-refractivity contribution in [3.05, 3.63) is 0 Å². The van der Waals surface area contributed by atoms with Crippen LogP contribution in [0.4, 0.5) is 0 Å². The van der Waals surface area contributed by atoms with E-state index in [0.717, 1.165) is 19.3 Å². The number of carbonyl (C=O) groups excluding carboxylic acids is 2. The zero-order chi connectivity index (χ0) is 12.6. The van der Waals surface area contributed by atoms with Crippen molar-refractivity contribution < 1.29 is 14.7 Å². The maximum atomic E-state index is 11.6. The van der Waals surface area contributed by atoms with Gasteiger partial charge in [-0.25, -0.2) is 0 Å². The highest BCUT2D eigenvalue weighted by atomic mass is 16.3. The lowest BCUT2D eigenvalue weighted by molar-refractivity contribution is -0.126. The van der Waals surface area contributed by atoms with Gasteiger partial charge in [0, 0.05) is 18.4 Å². The summed E-state index contributed by atoms with van der Waals surface area (Å²) < 4.78 is 0. The molecule has 0 aliphatic carbocycles. The average molecular weight is 229 g/mol. The highest BCUT2D eigenvalue weighted by Crippen LogP contribution is 2.13. The van der Waals surface area contributed by atoms with Gasteiger partial charge in [-0.05, 0) is 12.8 Å². The minimum Gasteiger partial charge on any atom is -0.387 e. The summed E-state index contributed by atoms with van der Waals surface area (Å²) >= 11 is 0. The smallest absolute Gasteiger partial charge is 0.245 e. The van der Waals surface area contributed by atoms with Gasteiger partial charge < -0.3 is 10.4 Å². The number of rotatable bonds is 8. The molecule has 0 aromatic rings. The topological polar surface area (TPSA) is 66.4 Å². The third kappa shape index (κ3) is 6.56. The molecule has 0 aliphatic heterocycles. The van der Waals surface area contributed by atoms with Crippen molar-refractivity contribution in [3.8, 4) is 0 Å². The van der Waals surface area contributed by atoms with Gasteiger partial charge >= 0.3 is 0 Å². The summed E-state index contributed by atoms with van der Waals surface area (Å²) in [6.45, 7) is 5.90. The Morgan fingerprint density at radius 2 is 1.81 bits per heavy atom. The predicted octanol–water partition coefficient (Wildman–Crippen LogP) is 1.13. The van der Waals surface area contributed by atoms with Crippen molar-refractivity contribution in [1.82, 2.24) is 5.32 Å². The van der Waals surface area contributed by atoms with Gasteiger partial charge in [0.15, 0.2) is 0 Å². The Morgan fingerprint density at radius 1 is 1.19 bits per heavy atom. The first-order valence-corrected chi connectivity index (χ1v) is 5.90. The molecule has 16 heavy (non-hydrogen) atoms. The summed E-state index contributed by atoms with van der Waals surface area (Å²) in [7, 11) is 0. The van der Waals surface area contributed by atoms with Crippen molar-refractivity contribution in [2.75, 3.05) is 13.2 Å². The molecular formula is C12H23NO3. The number of unbranched alkanes of at least 4 members (excludes halogenated alkanes) is 1. The third-order valence-electron chi connectivity index (χ3n) is 2.58. The number of nitrogens with one attached hydrogen (secondary N) is 1. The van der Waals surface area contributed by atoms with Crippen molar-refractivity contribution in [2.24, 2.45) is 11.8 Å². The molecular weight excluding hydrogens is 206 g/mol. The minimum atomic E-state index is -0.456. The number of ketones is 1. The van der Waals surface area contributed by atoms with E-state index in [1.807, 2.05) is 20.8 Å². The lowest BCUT2D eigenvalue weighted by Crippen LogP contribution is -2.27. The van der Waals surface area contributed by atoms with E-state index in [-0.39, 0.29) is 17.7 Å². The monoisotopic (exact) mass is 229 g/mol. The van der Waals surface area contributed by atoms with Crippen LogP contribution >= 0.6 is 0 Å². The molecule has 2 N–H and O–H groups in total. The van der Waals surface area contributed by atoms with Gasteiger partial charge in [0.25, 0.3) is 0 Å². The molecule has 0 heterocycles. The highest BCUT2D eigenvalue weighted by molar-refractivity contribution is 5.82. The van der Waals surface area contributed by atoms with Gasteiger partial charge in [-0.1, -0.05) is 27.2 Å². The Hall–Kier alpha value is -0.900. The molecule has 0 saturated carbocycles. The van der Waals surface area contributed by atoms with E-state index < -0.39 is 6.61 Å². The molecule has 0 unspecified atom stereocenters. The number of Topliss-reactive ketones (excluding diaryl/α,β-unsaturated/α-hetero) is 1. The second kappa shape index (κ2) is 8.28. The number of aliphatic hydroxyl groups is 1. The summed E-state index contributed by atoms with van der Waals surface area (Å²) in [6.07, 6.45) is 2.64. The van der Waals surface area contributed by atoms with E-state index in [0.29, 0.717) is 12.3 Å². The van der Waals surface area contributed by atoms with Crippen LogP contribution in [0.25, 0.3) is 0 Å². The van der Waals surface area contributed by atoms with Crippen LogP contribution in [-0.4, -0.2) is 29.9 Å². The van der Waals surface area contributed by atoms with Crippen LogP contribution in [0.3, 0.4) is 0 Å². The van der Waals surface area contributed by atoms with Crippen LogP contribution in [0.5, 0.6) is 0 Å². The molecule has 1 atom stereocenters. The van der Waals surface area contributed by atoms with Gasteiger partial charge in [-0.15, -0.1) is 0 Å². The fourth-order valence-electron chi connectivity index (χ4n) is 1.57. The van der Waals surface area contributed by atoms with Gasteiger partial charge in [0.05, 0.1) is 0 Å². The summed E-state index contributed by atoms with van der Waals surface area (Å²) in [4.78, 5) is 22.2. The summed E-state index contributed by atoms with van der Waals surface area (Å²) in [5.41, 5.74) is 0. The second-order valence-electron chi connectivity index (χ2n) is 4.46. The summed E-state index contributed by atoms with van der Waals surface area (Å²) in [6, 6.07) is 0. The Balaban J connectivity index is 3.52. The van der Waals surface area contributed by atoms with Crippen molar-refractivity contribution in [1.29, 1.82) is 0 Å². The van der Waals surface area contributed by atoms with Gasteiger partial charge in [0.2, 0.25) is 5.91 Å². The van der Waals surface area contributed by atoms with E-state index in [1.54, 1.807) is 0 Å². The third-order valence-corrected chi connectivity index (χ3v) is 2.58. The fraction of sp³-hybridized carbons (Fsp3) is 0.833. The van der Waals surface area contributed by atoms with Crippen LogP contribution in [0.15, 0.2) is 0 Å². The number of hydrogen-bond donors (Lipinski definition) is 2. The van der Waals surface area contributed by atoms with E-state index in [9.17, 15) is 9.59 Å². The fourth-order valence-corrected chi connectivity index (χ4v) is 1.57. The molecule has 1 amide bonds. The van der Waals surface area contributed by atoms with Crippen LogP contribution in [-0.2, 0) is 9.59 Å². The van der Waals surface area contributed by atoms with Crippen LogP contribution < -0.4 is 5.32 Å². The van der Waals surface area contributed by atoms with Crippen LogP contribution in [0.1, 0.15) is 40.0 Å². The highest BCUT2D eigenvalue weighted by Gasteiger charge is 2.15.